The van der Waals surface area contributed by atoms with E-state index < -0.39 is 5.97 Å². The van der Waals surface area contributed by atoms with E-state index in [1.807, 2.05) is 0 Å². The summed E-state index contributed by atoms with van der Waals surface area (Å²) in [7, 11) is 3.04. The number of nitrogen functional groups attached to an aromatic ring is 1. The molecule has 2 N–H and O–H groups in total. The molecule has 6 nitrogen and oxygen atoms in total. The van der Waals surface area contributed by atoms with Gasteiger partial charge in [-0.15, -0.1) is 0 Å². The highest BCUT2D eigenvalue weighted by molar-refractivity contribution is 5.87. The number of anilines is 1. The predicted molar refractivity (Wildman–Crippen MR) is 56.7 cm³/mol. The zero-order chi connectivity index (χ0) is 11.7. The van der Waals surface area contributed by atoms with Crippen molar-refractivity contribution in [3.8, 4) is 11.5 Å². The second kappa shape index (κ2) is 3.73. The van der Waals surface area contributed by atoms with Crippen molar-refractivity contribution < 1.29 is 13.9 Å². The smallest absolute Gasteiger partial charge is 0.373 e. The molecule has 0 radical (unpaired) electrons. The van der Waals surface area contributed by atoms with E-state index in [-0.39, 0.29) is 5.76 Å². The fourth-order valence-corrected chi connectivity index (χ4v) is 1.43. The molecule has 84 valence electrons. The van der Waals surface area contributed by atoms with Gasteiger partial charge >= 0.3 is 5.97 Å². The van der Waals surface area contributed by atoms with Crippen LogP contribution in [0.25, 0.3) is 11.5 Å². The molecule has 0 unspecified atom stereocenters. The molecule has 0 fully saturated rings. The lowest BCUT2D eigenvalue weighted by molar-refractivity contribution is 0.0566. The maximum absolute atomic E-state index is 11.2. The number of furan rings is 1. The number of rotatable bonds is 2. The van der Waals surface area contributed by atoms with E-state index in [1.165, 1.54) is 19.4 Å². The molecule has 2 aromatic heterocycles. The summed E-state index contributed by atoms with van der Waals surface area (Å²) in [5, 5.41) is 3.98. The molecule has 0 aliphatic carbocycles. The molecule has 0 amide bonds. The Morgan fingerprint density at radius 3 is 2.88 bits per heavy atom. The van der Waals surface area contributed by atoms with Crippen LogP contribution < -0.4 is 5.73 Å². The lowest BCUT2D eigenvalue weighted by atomic mass is 10.3. The van der Waals surface area contributed by atoms with Gasteiger partial charge in [0.15, 0.2) is 5.76 Å². The van der Waals surface area contributed by atoms with Crippen LogP contribution in [0.4, 0.5) is 5.69 Å². The first-order valence-electron chi connectivity index (χ1n) is 4.59. The summed E-state index contributed by atoms with van der Waals surface area (Å²) in [6, 6.07) is 3.19. The van der Waals surface area contributed by atoms with Crippen LogP contribution in [0, 0.1) is 0 Å². The summed E-state index contributed by atoms with van der Waals surface area (Å²) >= 11 is 0. The average molecular weight is 221 g/mol. The van der Waals surface area contributed by atoms with Gasteiger partial charge in [0, 0.05) is 7.05 Å². The van der Waals surface area contributed by atoms with Gasteiger partial charge in [-0.2, -0.15) is 5.10 Å². The third-order valence-corrected chi connectivity index (χ3v) is 2.19. The second-order valence-electron chi connectivity index (χ2n) is 3.23. The van der Waals surface area contributed by atoms with Gasteiger partial charge in [0.25, 0.3) is 0 Å². The van der Waals surface area contributed by atoms with Gasteiger partial charge in [0.1, 0.15) is 5.69 Å². The SMILES string of the molecule is COC(=O)c1ccc(-c2c(N)cnn2C)o1. The van der Waals surface area contributed by atoms with E-state index in [0.717, 1.165) is 0 Å². The Morgan fingerprint density at radius 2 is 2.31 bits per heavy atom. The average Bonchev–Trinajstić information content (AvgIpc) is 2.85. The summed E-state index contributed by atoms with van der Waals surface area (Å²) in [6.45, 7) is 0. The van der Waals surface area contributed by atoms with E-state index in [4.69, 9.17) is 10.2 Å². The minimum atomic E-state index is -0.521. The first kappa shape index (κ1) is 10.3. The Labute approximate surface area is 91.6 Å². The zero-order valence-electron chi connectivity index (χ0n) is 8.93. The summed E-state index contributed by atoms with van der Waals surface area (Å²) in [6.07, 6.45) is 1.52. The number of methoxy groups -OCH3 is 1. The van der Waals surface area contributed by atoms with E-state index in [0.29, 0.717) is 17.1 Å². The highest BCUT2D eigenvalue weighted by Crippen LogP contribution is 2.26. The van der Waals surface area contributed by atoms with Gasteiger partial charge in [-0.25, -0.2) is 4.79 Å². The lowest BCUT2D eigenvalue weighted by Crippen LogP contribution is -1.98. The molecule has 2 heterocycles. The van der Waals surface area contributed by atoms with Crippen molar-refractivity contribution in [1.29, 1.82) is 0 Å². The van der Waals surface area contributed by atoms with Gasteiger partial charge in [-0.3, -0.25) is 4.68 Å². The number of aryl methyl sites for hydroxylation is 1. The van der Waals surface area contributed by atoms with Crippen LogP contribution in [0.15, 0.2) is 22.7 Å². The lowest BCUT2D eigenvalue weighted by Gasteiger charge is -1.99. The van der Waals surface area contributed by atoms with Crippen molar-refractivity contribution in [2.75, 3.05) is 12.8 Å². The number of ether oxygens (including phenoxy) is 1. The van der Waals surface area contributed by atoms with Crippen LogP contribution in [-0.4, -0.2) is 22.9 Å². The third kappa shape index (κ3) is 1.54. The first-order chi connectivity index (χ1) is 7.63. The minimum absolute atomic E-state index is 0.137. The Kier molecular flexibility index (Phi) is 2.40. The molecule has 2 rings (SSSR count). The molecule has 0 bridgehead atoms. The molecule has 0 aliphatic heterocycles. The van der Waals surface area contributed by atoms with Crippen LogP contribution in [0.1, 0.15) is 10.6 Å². The standard InChI is InChI=1S/C10H11N3O3/c1-13-9(6(11)5-12-13)7-3-4-8(16-7)10(14)15-2/h3-5H,11H2,1-2H3. The van der Waals surface area contributed by atoms with Crippen molar-refractivity contribution in [3.63, 3.8) is 0 Å². The Balaban J connectivity index is 2.43. The summed E-state index contributed by atoms with van der Waals surface area (Å²) in [5.74, 6) is 0.1000. The predicted octanol–water partition coefficient (Wildman–Crippen LogP) is 1.05. The summed E-state index contributed by atoms with van der Waals surface area (Å²) < 4.78 is 11.4. The van der Waals surface area contributed by atoms with Crippen LogP contribution in [0.5, 0.6) is 0 Å². The number of nitrogens with two attached hydrogens (primary N) is 1. The van der Waals surface area contributed by atoms with Crippen LogP contribution >= 0.6 is 0 Å². The van der Waals surface area contributed by atoms with Crippen molar-refractivity contribution in [2.45, 2.75) is 0 Å². The molecule has 0 saturated carbocycles. The highest BCUT2D eigenvalue weighted by Gasteiger charge is 2.16. The highest BCUT2D eigenvalue weighted by atomic mass is 16.5. The first-order valence-corrected chi connectivity index (χ1v) is 4.59. The van der Waals surface area contributed by atoms with Gasteiger partial charge in [0.2, 0.25) is 5.76 Å². The molecule has 2 aromatic rings. The van der Waals surface area contributed by atoms with E-state index in [2.05, 4.69) is 9.84 Å². The molecular weight excluding hydrogens is 210 g/mol. The zero-order valence-corrected chi connectivity index (χ0v) is 8.93. The van der Waals surface area contributed by atoms with Gasteiger partial charge < -0.3 is 14.9 Å². The number of aromatic nitrogens is 2. The Bertz CT molecular complexity index is 508. The molecule has 6 heteroatoms. The van der Waals surface area contributed by atoms with Crippen molar-refractivity contribution in [3.05, 3.63) is 24.1 Å². The van der Waals surface area contributed by atoms with Crippen LogP contribution in [0.2, 0.25) is 0 Å². The van der Waals surface area contributed by atoms with Crippen molar-refractivity contribution in [2.24, 2.45) is 7.05 Å². The fraction of sp³-hybridized carbons (Fsp3) is 0.200. The second-order valence-corrected chi connectivity index (χ2v) is 3.23. The van der Waals surface area contributed by atoms with Crippen LogP contribution in [0.3, 0.4) is 0 Å². The maximum Gasteiger partial charge on any atom is 0.373 e. The molecule has 16 heavy (non-hydrogen) atoms. The molecule has 0 spiro atoms. The number of esters is 1. The van der Waals surface area contributed by atoms with Gasteiger partial charge in [-0.05, 0) is 12.1 Å². The Hall–Kier alpha value is -2.24. The Morgan fingerprint density at radius 1 is 1.56 bits per heavy atom. The molecule has 0 saturated heterocycles. The molecule has 0 aliphatic rings. The van der Waals surface area contributed by atoms with Gasteiger partial charge in [0.05, 0.1) is 19.0 Å². The van der Waals surface area contributed by atoms with E-state index in [9.17, 15) is 4.79 Å². The number of nitrogens with zero attached hydrogens (tertiary/aromatic N) is 2. The quantitative estimate of drug-likeness (QED) is 0.766. The number of hydrogen-bond donors (Lipinski definition) is 1. The van der Waals surface area contributed by atoms with Crippen molar-refractivity contribution >= 4 is 11.7 Å². The number of hydrogen-bond acceptors (Lipinski definition) is 5. The van der Waals surface area contributed by atoms with Crippen LogP contribution in [-0.2, 0) is 11.8 Å². The monoisotopic (exact) mass is 221 g/mol. The number of carbonyl (C=O) groups excluding carboxylic acids is 1. The fourth-order valence-electron chi connectivity index (χ4n) is 1.43. The normalized spacial score (nSPS) is 10.4. The molecular formula is C10H11N3O3. The summed E-state index contributed by atoms with van der Waals surface area (Å²) in [4.78, 5) is 11.2. The van der Waals surface area contributed by atoms with Crippen molar-refractivity contribution in [1.82, 2.24) is 9.78 Å². The van der Waals surface area contributed by atoms with E-state index in [1.54, 1.807) is 17.8 Å². The maximum atomic E-state index is 11.2. The number of carbonyl (C=O) groups is 1. The minimum Gasteiger partial charge on any atom is -0.463 e. The van der Waals surface area contributed by atoms with E-state index >= 15 is 0 Å². The third-order valence-electron chi connectivity index (χ3n) is 2.19. The molecule has 0 aromatic carbocycles. The summed E-state index contributed by atoms with van der Waals surface area (Å²) in [5.41, 5.74) is 6.86. The van der Waals surface area contributed by atoms with Gasteiger partial charge in [-0.1, -0.05) is 0 Å². The largest absolute Gasteiger partial charge is 0.463 e. The topological polar surface area (TPSA) is 83.3 Å². The molecule has 0 atom stereocenters.